The van der Waals surface area contributed by atoms with E-state index < -0.39 is 11.6 Å². The molecular formula is C48H58BClF2N8O4S2. The van der Waals surface area contributed by atoms with E-state index in [1.807, 2.05) is 19.1 Å². The Bertz CT molecular complexity index is 2680. The summed E-state index contributed by atoms with van der Waals surface area (Å²) < 4.78 is 38.5. The van der Waals surface area contributed by atoms with Crippen LogP contribution >= 0.6 is 34.3 Å². The fourth-order valence-corrected chi connectivity index (χ4v) is 8.45. The van der Waals surface area contributed by atoms with Crippen molar-refractivity contribution in [3.05, 3.63) is 120 Å². The summed E-state index contributed by atoms with van der Waals surface area (Å²) >= 11 is 8.18. The van der Waals surface area contributed by atoms with Crippen LogP contribution in [0.5, 0.6) is 0 Å². The molecule has 12 nitrogen and oxygen atoms in total. The van der Waals surface area contributed by atoms with Crippen molar-refractivity contribution in [2.45, 2.75) is 131 Å². The first-order chi connectivity index (χ1) is 30.6. The molecule has 66 heavy (non-hydrogen) atoms. The Labute approximate surface area is 399 Å². The van der Waals surface area contributed by atoms with E-state index in [0.717, 1.165) is 55.9 Å². The lowest BCUT2D eigenvalue weighted by atomic mass is 9.77. The summed E-state index contributed by atoms with van der Waals surface area (Å²) in [7, 11) is -0.359. The number of carbonyl (C=O) groups is 2. The lowest BCUT2D eigenvalue weighted by Gasteiger charge is -2.32. The molecule has 5 heterocycles. The summed E-state index contributed by atoms with van der Waals surface area (Å²) in [5.41, 5.74) is 16.0. The molecule has 0 spiro atoms. The summed E-state index contributed by atoms with van der Waals surface area (Å²) in [6.45, 7) is 24.9. The van der Waals surface area contributed by atoms with Gasteiger partial charge in [-0.25, -0.2) is 33.7 Å². The first kappa shape index (κ1) is 51.9. The minimum atomic E-state index is -0.661. The van der Waals surface area contributed by atoms with Crippen molar-refractivity contribution in [1.82, 2.24) is 29.9 Å². The van der Waals surface area contributed by atoms with Gasteiger partial charge in [-0.05, 0) is 88.2 Å². The monoisotopic (exact) mass is 958 g/mol. The zero-order valence-electron chi connectivity index (χ0n) is 39.6. The fraction of sp³-hybridized carbons (Fsp3) is 0.417. The molecule has 350 valence electrons. The van der Waals surface area contributed by atoms with Gasteiger partial charge in [0, 0.05) is 41.6 Å². The minimum absolute atomic E-state index is 0.0247. The van der Waals surface area contributed by atoms with Crippen molar-refractivity contribution in [3.8, 4) is 11.3 Å². The molecule has 1 aliphatic rings. The number of nitrogens with two attached hydrogens (primary N) is 2. The minimum Gasteiger partial charge on any atom is -0.399 e. The highest BCUT2D eigenvalue weighted by Crippen LogP contribution is 2.37. The van der Waals surface area contributed by atoms with Crippen LogP contribution in [0, 0.1) is 25.5 Å². The number of hydrogen-bond acceptors (Lipinski definition) is 14. The van der Waals surface area contributed by atoms with Gasteiger partial charge >= 0.3 is 7.12 Å². The Morgan fingerprint density at radius 2 is 1.14 bits per heavy atom. The van der Waals surface area contributed by atoms with Crippen LogP contribution in [0.2, 0.25) is 5.15 Å². The molecule has 2 aromatic carbocycles. The van der Waals surface area contributed by atoms with E-state index in [2.05, 4.69) is 124 Å². The molecule has 0 saturated carbocycles. The van der Waals surface area contributed by atoms with Gasteiger partial charge < -0.3 is 20.8 Å². The van der Waals surface area contributed by atoms with Crippen molar-refractivity contribution in [3.63, 3.8) is 0 Å². The molecule has 6 aromatic rings. The number of aromatic nitrogens is 6. The number of aryl methyl sites for hydroxylation is 4. The molecule has 1 saturated heterocycles. The third-order valence-electron chi connectivity index (χ3n) is 11.1. The molecule has 0 radical (unpaired) electrons. The van der Waals surface area contributed by atoms with E-state index in [0.29, 0.717) is 29.7 Å². The first-order valence-corrected chi connectivity index (χ1v) is 23.4. The number of nitrogens with zero attached hydrogens (tertiary/aromatic N) is 6. The van der Waals surface area contributed by atoms with Gasteiger partial charge in [0.05, 0.1) is 43.4 Å². The third-order valence-corrected chi connectivity index (χ3v) is 14.3. The van der Waals surface area contributed by atoms with E-state index in [1.54, 1.807) is 18.5 Å². The average Bonchev–Trinajstić information content (AvgIpc) is 3.99. The SMILES string of the molecule is Cc1cc(-c2nc(N)ncc2F)ccc1CCC(=O)c1cnc(C(C)(C)C)s1.Cc1cc(B2OC(C)(C)C(C)(C)O2)ccc1CCC(=O)c1cnc(C(C)(C)C)s1.Nc1ncc(F)c(Cl)n1. The second-order valence-electron chi connectivity index (χ2n) is 19.1. The van der Waals surface area contributed by atoms with Gasteiger partial charge in [-0.1, -0.05) is 83.5 Å². The van der Waals surface area contributed by atoms with Crippen LogP contribution in [0.25, 0.3) is 11.3 Å². The normalized spacial score (nSPS) is 14.3. The summed E-state index contributed by atoms with van der Waals surface area (Å²) in [5.74, 6) is -0.926. The van der Waals surface area contributed by atoms with Gasteiger partial charge in [-0.3, -0.25) is 9.59 Å². The van der Waals surface area contributed by atoms with Gasteiger partial charge in [0.2, 0.25) is 11.9 Å². The van der Waals surface area contributed by atoms with Gasteiger partial charge in [0.1, 0.15) is 5.69 Å². The van der Waals surface area contributed by atoms with E-state index in [-0.39, 0.29) is 63.5 Å². The highest BCUT2D eigenvalue weighted by atomic mass is 35.5. The Kier molecular flexibility index (Phi) is 16.4. The molecule has 7 rings (SSSR count). The number of nitrogen functional groups attached to an aromatic ring is 2. The molecule has 1 fully saturated rings. The maximum absolute atomic E-state index is 14.0. The Balaban J connectivity index is 0.000000208. The van der Waals surface area contributed by atoms with Crippen LogP contribution in [0.4, 0.5) is 20.7 Å². The highest BCUT2D eigenvalue weighted by Gasteiger charge is 2.51. The molecule has 18 heteroatoms. The Hall–Kier alpha value is -5.07. The summed E-state index contributed by atoms with van der Waals surface area (Å²) in [6.07, 6.45) is 7.61. The quantitative estimate of drug-likeness (QED) is 0.0754. The Morgan fingerprint density at radius 1 is 0.682 bits per heavy atom. The largest absolute Gasteiger partial charge is 0.494 e. The van der Waals surface area contributed by atoms with E-state index in [9.17, 15) is 18.4 Å². The van der Waals surface area contributed by atoms with Gasteiger partial charge in [-0.15, -0.1) is 22.7 Å². The zero-order chi connectivity index (χ0) is 48.9. The van der Waals surface area contributed by atoms with Gasteiger partial charge in [0.25, 0.3) is 0 Å². The fourth-order valence-electron chi connectivity index (χ4n) is 6.43. The maximum atomic E-state index is 14.0. The molecule has 0 bridgehead atoms. The number of halogens is 3. The van der Waals surface area contributed by atoms with Crippen LogP contribution in [-0.2, 0) is 33.0 Å². The number of ketones is 2. The summed E-state index contributed by atoms with van der Waals surface area (Å²) in [4.78, 5) is 49.7. The molecule has 4 N–H and O–H groups in total. The van der Waals surface area contributed by atoms with Gasteiger partial charge in [-0.2, -0.15) is 4.98 Å². The van der Waals surface area contributed by atoms with Crippen molar-refractivity contribution in [1.29, 1.82) is 0 Å². The summed E-state index contributed by atoms with van der Waals surface area (Å²) in [6, 6.07) is 11.8. The number of benzene rings is 2. The van der Waals surface area contributed by atoms with Crippen molar-refractivity contribution in [2.75, 3.05) is 11.5 Å². The first-order valence-electron chi connectivity index (χ1n) is 21.4. The van der Waals surface area contributed by atoms with Crippen LogP contribution in [0.3, 0.4) is 0 Å². The number of hydrogen-bond donors (Lipinski definition) is 2. The number of rotatable bonds is 10. The number of thiazole rings is 2. The molecule has 4 aromatic heterocycles. The smallest absolute Gasteiger partial charge is 0.399 e. The van der Waals surface area contributed by atoms with E-state index in [4.69, 9.17) is 32.4 Å². The Morgan fingerprint density at radius 3 is 1.56 bits per heavy atom. The van der Waals surface area contributed by atoms with Crippen LogP contribution in [0.15, 0.2) is 61.2 Å². The molecule has 0 aliphatic carbocycles. The topological polar surface area (TPSA) is 182 Å². The third kappa shape index (κ3) is 13.3. The number of Topliss-reactive ketones (excluding diaryl/α,β-unsaturated/α-hetero) is 2. The molecule has 0 amide bonds. The highest BCUT2D eigenvalue weighted by molar-refractivity contribution is 7.14. The summed E-state index contributed by atoms with van der Waals surface area (Å²) in [5, 5.41) is 1.72. The van der Waals surface area contributed by atoms with Crippen molar-refractivity contribution in [2.24, 2.45) is 0 Å². The maximum Gasteiger partial charge on any atom is 0.494 e. The lowest BCUT2D eigenvalue weighted by Crippen LogP contribution is -2.41. The zero-order valence-corrected chi connectivity index (χ0v) is 42.0. The second-order valence-corrected chi connectivity index (χ2v) is 21.5. The number of carbonyl (C=O) groups excluding carboxylic acids is 2. The van der Waals surface area contributed by atoms with Crippen molar-refractivity contribution >= 4 is 70.3 Å². The molecule has 0 atom stereocenters. The van der Waals surface area contributed by atoms with Gasteiger partial charge in [0.15, 0.2) is 28.4 Å². The molecule has 0 unspecified atom stereocenters. The van der Waals surface area contributed by atoms with E-state index >= 15 is 0 Å². The standard InChI is InChI=1S/C23H32BNO3S.C21H23FN4OS.C4H3ClFN3/c1-15-13-17(24-27-22(5,6)23(7,8)28-24)11-9-16(15)10-12-18(26)19-14-25-20(29-19)21(2,3)4;1-12-9-14(18-15(22)10-25-20(23)26-18)6-5-13(12)7-8-16(27)17-11-24-19(28-17)21(2,3)4;5-3-2(6)1-8-4(7)9-3/h9,11,13-14H,10,12H2,1-8H3;5-6,9-11H,7-8H2,1-4H3,(H2,23,25,26);1H,(H2,7,8,9). The van der Waals surface area contributed by atoms with Crippen LogP contribution in [-0.4, -0.2) is 59.8 Å². The van der Waals surface area contributed by atoms with Crippen LogP contribution < -0.4 is 16.9 Å². The number of anilines is 2. The predicted octanol–water partition coefficient (Wildman–Crippen LogP) is 10.5. The average molecular weight is 959 g/mol. The van der Waals surface area contributed by atoms with Crippen molar-refractivity contribution < 1.29 is 27.7 Å². The second kappa shape index (κ2) is 20.8. The molecule has 1 aliphatic heterocycles. The molecular weight excluding hydrogens is 901 g/mol. The van der Waals surface area contributed by atoms with E-state index in [1.165, 1.54) is 28.2 Å². The predicted molar refractivity (Wildman–Crippen MR) is 262 cm³/mol. The lowest BCUT2D eigenvalue weighted by molar-refractivity contribution is 0.00578. The van der Waals surface area contributed by atoms with Crippen LogP contribution in [0.1, 0.15) is 134 Å².